The standard InChI is InChI=1S/C12H13N3O2/c16-15(17)12-6-2-1-4-10(12)8-13-9-11-5-3-7-14-11/h1-7,13-14H,8-9H2. The molecule has 0 aliphatic heterocycles. The summed E-state index contributed by atoms with van der Waals surface area (Å²) >= 11 is 0. The van der Waals surface area contributed by atoms with E-state index in [-0.39, 0.29) is 10.6 Å². The van der Waals surface area contributed by atoms with Crippen molar-refractivity contribution in [1.29, 1.82) is 0 Å². The van der Waals surface area contributed by atoms with Gasteiger partial charge < -0.3 is 10.3 Å². The second kappa shape index (κ2) is 5.27. The smallest absolute Gasteiger partial charge is 0.273 e. The number of aromatic amines is 1. The summed E-state index contributed by atoms with van der Waals surface area (Å²) in [6.45, 7) is 1.15. The third kappa shape index (κ3) is 2.92. The van der Waals surface area contributed by atoms with E-state index in [1.54, 1.807) is 18.2 Å². The molecule has 0 saturated heterocycles. The van der Waals surface area contributed by atoms with Crippen molar-refractivity contribution in [2.24, 2.45) is 0 Å². The van der Waals surface area contributed by atoms with E-state index in [0.717, 1.165) is 5.69 Å². The van der Waals surface area contributed by atoms with E-state index in [0.29, 0.717) is 18.7 Å². The minimum absolute atomic E-state index is 0.159. The van der Waals surface area contributed by atoms with Crippen molar-refractivity contribution in [2.75, 3.05) is 0 Å². The van der Waals surface area contributed by atoms with Gasteiger partial charge in [-0.3, -0.25) is 10.1 Å². The van der Waals surface area contributed by atoms with Crippen LogP contribution in [0.4, 0.5) is 5.69 Å². The Kier molecular flexibility index (Phi) is 3.52. The Hall–Kier alpha value is -2.14. The van der Waals surface area contributed by atoms with Gasteiger partial charge in [-0.1, -0.05) is 18.2 Å². The summed E-state index contributed by atoms with van der Waals surface area (Å²) in [5.41, 5.74) is 1.92. The number of nitro groups is 1. The van der Waals surface area contributed by atoms with Crippen molar-refractivity contribution < 1.29 is 4.92 Å². The van der Waals surface area contributed by atoms with E-state index in [1.165, 1.54) is 6.07 Å². The summed E-state index contributed by atoms with van der Waals surface area (Å²) < 4.78 is 0. The molecule has 5 nitrogen and oxygen atoms in total. The average Bonchev–Trinajstić information content (AvgIpc) is 2.82. The van der Waals surface area contributed by atoms with E-state index in [9.17, 15) is 10.1 Å². The molecule has 0 unspecified atom stereocenters. The molecule has 0 radical (unpaired) electrons. The van der Waals surface area contributed by atoms with Gasteiger partial charge in [-0.15, -0.1) is 0 Å². The highest BCUT2D eigenvalue weighted by Gasteiger charge is 2.11. The maximum Gasteiger partial charge on any atom is 0.273 e. The van der Waals surface area contributed by atoms with Crippen molar-refractivity contribution in [2.45, 2.75) is 13.1 Å². The lowest BCUT2D eigenvalue weighted by Gasteiger charge is -2.04. The minimum atomic E-state index is -0.356. The third-order valence-corrected chi connectivity index (χ3v) is 2.48. The molecule has 0 fully saturated rings. The highest BCUT2D eigenvalue weighted by Crippen LogP contribution is 2.17. The summed E-state index contributed by atoms with van der Waals surface area (Å²) in [6, 6.07) is 10.6. The van der Waals surface area contributed by atoms with Crippen molar-refractivity contribution in [3.8, 4) is 0 Å². The van der Waals surface area contributed by atoms with Crippen molar-refractivity contribution in [1.82, 2.24) is 10.3 Å². The molecule has 0 aliphatic rings. The first-order valence-electron chi connectivity index (χ1n) is 5.32. The lowest BCUT2D eigenvalue weighted by Crippen LogP contribution is -2.13. The van der Waals surface area contributed by atoms with Crippen LogP contribution < -0.4 is 5.32 Å². The SMILES string of the molecule is O=[N+]([O-])c1ccccc1CNCc1ccc[nH]1. The van der Waals surface area contributed by atoms with Crippen LogP contribution in [0.5, 0.6) is 0 Å². The monoisotopic (exact) mass is 231 g/mol. The molecule has 1 aromatic carbocycles. The van der Waals surface area contributed by atoms with Gasteiger partial charge in [0.05, 0.1) is 4.92 Å². The second-order valence-corrected chi connectivity index (χ2v) is 3.68. The molecule has 0 aliphatic carbocycles. The fraction of sp³-hybridized carbons (Fsp3) is 0.167. The lowest BCUT2D eigenvalue weighted by molar-refractivity contribution is -0.385. The van der Waals surface area contributed by atoms with Gasteiger partial charge in [0.1, 0.15) is 0 Å². The first kappa shape index (κ1) is 11.3. The maximum absolute atomic E-state index is 10.8. The van der Waals surface area contributed by atoms with E-state index in [2.05, 4.69) is 10.3 Å². The Morgan fingerprint density at radius 1 is 1.18 bits per heavy atom. The summed E-state index contributed by atoms with van der Waals surface area (Å²) in [5.74, 6) is 0. The Morgan fingerprint density at radius 3 is 2.71 bits per heavy atom. The van der Waals surface area contributed by atoms with Crippen molar-refractivity contribution in [3.63, 3.8) is 0 Å². The molecule has 1 aromatic heterocycles. The molecule has 0 spiro atoms. The van der Waals surface area contributed by atoms with E-state index < -0.39 is 0 Å². The molecule has 0 atom stereocenters. The Labute approximate surface area is 98.6 Å². The van der Waals surface area contributed by atoms with Crippen LogP contribution in [-0.2, 0) is 13.1 Å². The zero-order chi connectivity index (χ0) is 12.1. The van der Waals surface area contributed by atoms with Crippen LogP contribution in [0, 0.1) is 10.1 Å². The van der Waals surface area contributed by atoms with Crippen LogP contribution in [0.1, 0.15) is 11.3 Å². The normalized spacial score (nSPS) is 10.4. The van der Waals surface area contributed by atoms with Gasteiger partial charge in [-0.05, 0) is 12.1 Å². The van der Waals surface area contributed by atoms with Crippen molar-refractivity contribution >= 4 is 5.69 Å². The minimum Gasteiger partial charge on any atom is -0.364 e. The fourth-order valence-corrected chi connectivity index (χ4v) is 1.65. The van der Waals surface area contributed by atoms with Gasteiger partial charge in [0, 0.05) is 36.6 Å². The fourth-order valence-electron chi connectivity index (χ4n) is 1.65. The van der Waals surface area contributed by atoms with Gasteiger partial charge >= 0.3 is 0 Å². The van der Waals surface area contributed by atoms with Gasteiger partial charge in [0.25, 0.3) is 5.69 Å². The van der Waals surface area contributed by atoms with Crippen LogP contribution in [0.2, 0.25) is 0 Å². The summed E-state index contributed by atoms with van der Waals surface area (Å²) in [7, 11) is 0. The van der Waals surface area contributed by atoms with Crippen LogP contribution in [0.3, 0.4) is 0 Å². The molecule has 2 aromatic rings. The number of nitro benzene ring substituents is 1. The van der Waals surface area contributed by atoms with Gasteiger partial charge in [-0.2, -0.15) is 0 Å². The second-order valence-electron chi connectivity index (χ2n) is 3.68. The highest BCUT2D eigenvalue weighted by atomic mass is 16.6. The largest absolute Gasteiger partial charge is 0.364 e. The molecule has 2 rings (SSSR count). The number of aromatic nitrogens is 1. The maximum atomic E-state index is 10.8. The molecule has 0 amide bonds. The van der Waals surface area contributed by atoms with Gasteiger partial charge in [0.2, 0.25) is 0 Å². The van der Waals surface area contributed by atoms with E-state index in [4.69, 9.17) is 0 Å². The molecule has 5 heteroatoms. The van der Waals surface area contributed by atoms with Crippen LogP contribution in [0.25, 0.3) is 0 Å². The van der Waals surface area contributed by atoms with E-state index in [1.807, 2.05) is 18.3 Å². The number of H-pyrrole nitrogens is 1. The summed E-state index contributed by atoms with van der Waals surface area (Å²) in [4.78, 5) is 13.5. The number of nitrogens with zero attached hydrogens (tertiary/aromatic N) is 1. The number of para-hydroxylation sites is 1. The first-order chi connectivity index (χ1) is 8.27. The average molecular weight is 231 g/mol. The lowest BCUT2D eigenvalue weighted by atomic mass is 10.2. The van der Waals surface area contributed by atoms with Crippen molar-refractivity contribution in [3.05, 3.63) is 64.0 Å². The zero-order valence-corrected chi connectivity index (χ0v) is 9.22. The Morgan fingerprint density at radius 2 is 2.00 bits per heavy atom. The number of hydrogen-bond donors (Lipinski definition) is 2. The number of rotatable bonds is 5. The molecule has 88 valence electrons. The van der Waals surface area contributed by atoms with Crippen LogP contribution >= 0.6 is 0 Å². The molecular weight excluding hydrogens is 218 g/mol. The Balaban J connectivity index is 1.97. The molecule has 0 saturated carbocycles. The molecule has 1 heterocycles. The van der Waals surface area contributed by atoms with E-state index >= 15 is 0 Å². The highest BCUT2D eigenvalue weighted by molar-refractivity contribution is 5.39. The Bertz CT molecular complexity index is 494. The molecule has 17 heavy (non-hydrogen) atoms. The molecule has 2 N–H and O–H groups in total. The van der Waals surface area contributed by atoms with Crippen LogP contribution in [0.15, 0.2) is 42.6 Å². The summed E-state index contributed by atoms with van der Waals surface area (Å²) in [6.07, 6.45) is 1.85. The number of benzene rings is 1. The number of hydrogen-bond acceptors (Lipinski definition) is 3. The molecule has 0 bridgehead atoms. The quantitative estimate of drug-likeness (QED) is 0.612. The van der Waals surface area contributed by atoms with Gasteiger partial charge in [0.15, 0.2) is 0 Å². The molecular formula is C12H13N3O2. The predicted molar refractivity (Wildman–Crippen MR) is 64.4 cm³/mol. The zero-order valence-electron chi connectivity index (χ0n) is 9.22. The third-order valence-electron chi connectivity index (χ3n) is 2.48. The summed E-state index contributed by atoms with van der Waals surface area (Å²) in [5, 5.41) is 13.9. The first-order valence-corrected chi connectivity index (χ1v) is 5.32. The van der Waals surface area contributed by atoms with Crippen LogP contribution in [-0.4, -0.2) is 9.91 Å². The number of nitrogens with one attached hydrogen (secondary N) is 2. The topological polar surface area (TPSA) is 71.0 Å². The predicted octanol–water partition coefficient (Wildman–Crippen LogP) is 2.21. The van der Waals surface area contributed by atoms with Gasteiger partial charge in [-0.25, -0.2) is 0 Å².